The number of aryl methyl sites for hydroxylation is 1. The van der Waals surface area contributed by atoms with Gasteiger partial charge in [-0.25, -0.2) is 0 Å². The fourth-order valence-electron chi connectivity index (χ4n) is 2.84. The molecule has 0 aliphatic heterocycles. The van der Waals surface area contributed by atoms with Crippen LogP contribution in [0.2, 0.25) is 0 Å². The van der Waals surface area contributed by atoms with Crippen LogP contribution in [-0.4, -0.2) is 30.0 Å². The average molecular weight is 338 g/mol. The number of aliphatic hydroxyl groups excluding tert-OH is 1. The van der Waals surface area contributed by atoms with Crippen molar-refractivity contribution < 1.29 is 9.84 Å². The second kappa shape index (κ2) is 9.58. The van der Waals surface area contributed by atoms with Crippen molar-refractivity contribution in [1.29, 1.82) is 0 Å². The van der Waals surface area contributed by atoms with E-state index in [-0.39, 0.29) is 6.61 Å². The molecule has 1 saturated carbocycles. The van der Waals surface area contributed by atoms with Crippen molar-refractivity contribution in [1.82, 2.24) is 0 Å². The molecule has 1 fully saturated rings. The van der Waals surface area contributed by atoms with Gasteiger partial charge >= 0.3 is 0 Å². The molecule has 0 radical (unpaired) electrons. The molecule has 23 heavy (non-hydrogen) atoms. The molecular formula is C19H31NO2S. The lowest BCUT2D eigenvalue weighted by molar-refractivity contribution is 0.0313. The molecule has 130 valence electrons. The summed E-state index contributed by atoms with van der Waals surface area (Å²) in [6, 6.07) is 4.32. The zero-order valence-corrected chi connectivity index (χ0v) is 15.1. The van der Waals surface area contributed by atoms with Gasteiger partial charge in [-0.3, -0.25) is 0 Å². The van der Waals surface area contributed by atoms with E-state index in [9.17, 15) is 5.11 Å². The van der Waals surface area contributed by atoms with Crippen LogP contribution >= 0.6 is 11.3 Å². The maximum absolute atomic E-state index is 9.19. The summed E-state index contributed by atoms with van der Waals surface area (Å²) in [5.74, 6) is 0. The summed E-state index contributed by atoms with van der Waals surface area (Å²) in [6.07, 6.45) is 14.1. The topological polar surface area (TPSA) is 55.5 Å². The SMILES string of the molecule is CC(N)(CO)CCc1ccc(/C=C/CCOC2CCCCC2)s1. The fourth-order valence-corrected chi connectivity index (χ4v) is 3.78. The summed E-state index contributed by atoms with van der Waals surface area (Å²) in [7, 11) is 0. The summed E-state index contributed by atoms with van der Waals surface area (Å²) in [5, 5.41) is 9.19. The molecular weight excluding hydrogens is 306 g/mol. The first kappa shape index (κ1) is 18.7. The molecule has 3 N–H and O–H groups in total. The van der Waals surface area contributed by atoms with Crippen LogP contribution in [-0.2, 0) is 11.2 Å². The summed E-state index contributed by atoms with van der Waals surface area (Å²) in [6.45, 7) is 2.77. The van der Waals surface area contributed by atoms with E-state index in [1.807, 2.05) is 6.92 Å². The van der Waals surface area contributed by atoms with Gasteiger partial charge in [-0.2, -0.15) is 0 Å². The summed E-state index contributed by atoms with van der Waals surface area (Å²) < 4.78 is 5.93. The molecule has 0 aromatic carbocycles. The Morgan fingerprint density at radius 1 is 1.35 bits per heavy atom. The number of hydrogen-bond acceptors (Lipinski definition) is 4. The van der Waals surface area contributed by atoms with E-state index in [0.717, 1.165) is 25.9 Å². The monoisotopic (exact) mass is 337 g/mol. The molecule has 0 spiro atoms. The third-order valence-electron chi connectivity index (χ3n) is 4.46. The molecule has 3 nitrogen and oxygen atoms in total. The van der Waals surface area contributed by atoms with Crippen molar-refractivity contribution in [2.24, 2.45) is 5.73 Å². The van der Waals surface area contributed by atoms with Gasteiger partial charge in [0.1, 0.15) is 0 Å². The largest absolute Gasteiger partial charge is 0.394 e. The highest BCUT2D eigenvalue weighted by molar-refractivity contribution is 7.12. The molecule has 1 unspecified atom stereocenters. The summed E-state index contributed by atoms with van der Waals surface area (Å²) in [4.78, 5) is 2.61. The molecule has 1 aliphatic carbocycles. The zero-order chi connectivity index (χ0) is 16.5. The van der Waals surface area contributed by atoms with Crippen LogP contribution in [0.1, 0.15) is 61.6 Å². The number of ether oxygens (including phenoxy) is 1. The smallest absolute Gasteiger partial charge is 0.0608 e. The highest BCUT2D eigenvalue weighted by atomic mass is 32.1. The van der Waals surface area contributed by atoms with Gasteiger partial charge in [-0.05, 0) is 57.2 Å². The van der Waals surface area contributed by atoms with Gasteiger partial charge in [0.2, 0.25) is 0 Å². The number of hydrogen-bond donors (Lipinski definition) is 2. The van der Waals surface area contributed by atoms with E-state index in [2.05, 4.69) is 24.3 Å². The van der Waals surface area contributed by atoms with Gasteiger partial charge in [0.05, 0.1) is 19.3 Å². The van der Waals surface area contributed by atoms with Crippen LogP contribution in [0.25, 0.3) is 6.08 Å². The van der Waals surface area contributed by atoms with Crippen molar-refractivity contribution in [2.75, 3.05) is 13.2 Å². The number of aliphatic hydroxyl groups is 1. The molecule has 0 saturated heterocycles. The Labute approximate surface area is 144 Å². The predicted octanol–water partition coefficient (Wildman–Crippen LogP) is 4.14. The molecule has 1 aromatic rings. The lowest BCUT2D eigenvalue weighted by Crippen LogP contribution is -2.40. The van der Waals surface area contributed by atoms with E-state index in [0.29, 0.717) is 6.10 Å². The van der Waals surface area contributed by atoms with Gasteiger partial charge in [0.15, 0.2) is 0 Å². The molecule has 4 heteroatoms. The first-order valence-electron chi connectivity index (χ1n) is 8.86. The Morgan fingerprint density at radius 2 is 2.13 bits per heavy atom. The van der Waals surface area contributed by atoms with Crippen LogP contribution in [0.4, 0.5) is 0 Å². The van der Waals surface area contributed by atoms with Crippen molar-refractivity contribution >= 4 is 17.4 Å². The minimum atomic E-state index is -0.476. The first-order chi connectivity index (χ1) is 11.1. The van der Waals surface area contributed by atoms with Gasteiger partial charge in [0, 0.05) is 15.3 Å². The van der Waals surface area contributed by atoms with E-state index < -0.39 is 5.54 Å². The van der Waals surface area contributed by atoms with Gasteiger partial charge in [0.25, 0.3) is 0 Å². The predicted molar refractivity (Wildman–Crippen MR) is 98.8 cm³/mol. The van der Waals surface area contributed by atoms with Crippen molar-refractivity contribution in [2.45, 2.75) is 69.9 Å². The second-order valence-corrected chi connectivity index (χ2v) is 8.14. The summed E-state index contributed by atoms with van der Waals surface area (Å²) in [5.41, 5.74) is 5.50. The Hall–Kier alpha value is -0.680. The second-order valence-electron chi connectivity index (χ2n) is 6.94. The van der Waals surface area contributed by atoms with Crippen molar-refractivity contribution in [3.8, 4) is 0 Å². The van der Waals surface area contributed by atoms with Crippen LogP contribution in [0.5, 0.6) is 0 Å². The van der Waals surface area contributed by atoms with Gasteiger partial charge < -0.3 is 15.6 Å². The average Bonchev–Trinajstić information content (AvgIpc) is 3.02. The van der Waals surface area contributed by atoms with E-state index in [1.54, 1.807) is 11.3 Å². The minimum absolute atomic E-state index is 0.0339. The third-order valence-corrected chi connectivity index (χ3v) is 5.57. The molecule has 0 amide bonds. The Bertz CT molecular complexity index is 475. The quantitative estimate of drug-likeness (QED) is 0.666. The Balaban J connectivity index is 1.65. The highest BCUT2D eigenvalue weighted by Gasteiger charge is 2.17. The van der Waals surface area contributed by atoms with E-state index >= 15 is 0 Å². The van der Waals surface area contributed by atoms with Gasteiger partial charge in [-0.1, -0.05) is 25.3 Å². The standard InChI is InChI=1S/C19H31NO2S/c1-19(20,15-21)13-12-18-11-10-17(23-18)9-5-6-14-22-16-7-3-2-4-8-16/h5,9-11,16,21H,2-4,6-8,12-15,20H2,1H3/b9-5+. The van der Waals surface area contributed by atoms with Crippen LogP contribution in [0.15, 0.2) is 18.2 Å². The number of rotatable bonds is 9. The normalized spacial score (nSPS) is 19.3. The number of thiophene rings is 1. The Morgan fingerprint density at radius 3 is 2.87 bits per heavy atom. The maximum atomic E-state index is 9.19. The number of nitrogens with two attached hydrogens (primary N) is 1. The van der Waals surface area contributed by atoms with Crippen LogP contribution in [0, 0.1) is 0 Å². The van der Waals surface area contributed by atoms with Crippen LogP contribution in [0.3, 0.4) is 0 Å². The third kappa shape index (κ3) is 7.17. The zero-order valence-electron chi connectivity index (χ0n) is 14.3. The molecule has 1 aromatic heterocycles. The van der Waals surface area contributed by atoms with E-state index in [1.165, 1.54) is 41.9 Å². The highest BCUT2D eigenvalue weighted by Crippen LogP contribution is 2.22. The van der Waals surface area contributed by atoms with Crippen molar-refractivity contribution in [3.63, 3.8) is 0 Å². The molecule has 0 bridgehead atoms. The molecule has 1 heterocycles. The summed E-state index contributed by atoms with van der Waals surface area (Å²) >= 11 is 1.81. The lowest BCUT2D eigenvalue weighted by Gasteiger charge is -2.21. The maximum Gasteiger partial charge on any atom is 0.0608 e. The van der Waals surface area contributed by atoms with E-state index in [4.69, 9.17) is 10.5 Å². The molecule has 1 aliphatic rings. The molecule has 2 rings (SSSR count). The van der Waals surface area contributed by atoms with Gasteiger partial charge in [-0.15, -0.1) is 11.3 Å². The Kier molecular flexibility index (Phi) is 7.77. The molecule has 1 atom stereocenters. The van der Waals surface area contributed by atoms with Crippen LogP contribution < -0.4 is 5.73 Å². The first-order valence-corrected chi connectivity index (χ1v) is 9.67. The minimum Gasteiger partial charge on any atom is -0.394 e. The fraction of sp³-hybridized carbons (Fsp3) is 0.684. The van der Waals surface area contributed by atoms with Crippen molar-refractivity contribution in [3.05, 3.63) is 28.0 Å². The lowest BCUT2D eigenvalue weighted by atomic mass is 9.98.